The molecule has 94 valence electrons. The molecule has 0 aliphatic carbocycles. The molecule has 0 bridgehead atoms. The third-order valence-electron chi connectivity index (χ3n) is 2.72. The molecule has 3 N–H and O–H groups in total. The molecule has 1 rings (SSSR count). The Kier molecular flexibility index (Phi) is 5.22. The van der Waals surface area contributed by atoms with Crippen LogP contribution in [-0.2, 0) is 11.2 Å². The van der Waals surface area contributed by atoms with Crippen LogP contribution in [0.5, 0.6) is 0 Å². The van der Waals surface area contributed by atoms with Gasteiger partial charge in [0.1, 0.15) is 5.38 Å². The smallest absolute Gasteiger partial charge is 0.236 e. The van der Waals surface area contributed by atoms with E-state index in [1.165, 1.54) is 0 Å². The Labute approximate surface area is 119 Å². The molecule has 0 radical (unpaired) electrons. The zero-order valence-corrected chi connectivity index (χ0v) is 12.4. The zero-order chi connectivity index (χ0) is 13.1. The van der Waals surface area contributed by atoms with Gasteiger partial charge in [-0.05, 0) is 46.7 Å². The maximum atomic E-state index is 11.1. The van der Waals surface area contributed by atoms with Gasteiger partial charge in [-0.25, -0.2) is 0 Å². The fourth-order valence-electron chi connectivity index (χ4n) is 1.68. The van der Waals surface area contributed by atoms with Crippen LogP contribution < -0.4 is 5.73 Å². The number of hydrogen-bond donors (Lipinski definition) is 2. The summed E-state index contributed by atoms with van der Waals surface area (Å²) in [5.74, 6) is -0.603. The van der Waals surface area contributed by atoms with E-state index < -0.39 is 16.7 Å². The van der Waals surface area contributed by atoms with Crippen LogP contribution in [0.4, 0.5) is 0 Å². The largest absolute Gasteiger partial charge is 0.396 e. The molecular formula is C12H15ClINO2. The summed E-state index contributed by atoms with van der Waals surface area (Å²) in [6, 6.07) is 7.86. The molecule has 1 amide bonds. The summed E-state index contributed by atoms with van der Waals surface area (Å²) in [6.45, 7) is 1.57. The van der Waals surface area contributed by atoms with E-state index in [1.807, 2.05) is 24.3 Å². The van der Waals surface area contributed by atoms with Gasteiger partial charge in [-0.3, -0.25) is 4.79 Å². The minimum Gasteiger partial charge on any atom is -0.396 e. The summed E-state index contributed by atoms with van der Waals surface area (Å²) < 4.78 is 1.10. The van der Waals surface area contributed by atoms with Crippen molar-refractivity contribution >= 4 is 40.1 Å². The van der Waals surface area contributed by atoms with Gasteiger partial charge in [-0.2, -0.15) is 0 Å². The van der Waals surface area contributed by atoms with Gasteiger partial charge in [0.2, 0.25) is 5.91 Å². The monoisotopic (exact) mass is 367 g/mol. The van der Waals surface area contributed by atoms with Crippen molar-refractivity contribution in [1.82, 2.24) is 0 Å². The van der Waals surface area contributed by atoms with Gasteiger partial charge in [-0.1, -0.05) is 19.1 Å². The highest BCUT2D eigenvalue weighted by atomic mass is 127. The van der Waals surface area contributed by atoms with E-state index in [0.717, 1.165) is 9.13 Å². The van der Waals surface area contributed by atoms with Crippen LogP contribution in [0.2, 0.25) is 0 Å². The van der Waals surface area contributed by atoms with Crippen molar-refractivity contribution in [3.05, 3.63) is 33.4 Å². The highest BCUT2D eigenvalue weighted by Gasteiger charge is 2.36. The second kappa shape index (κ2) is 6.02. The molecule has 0 aliphatic rings. The number of rotatable bonds is 5. The third kappa shape index (κ3) is 3.82. The van der Waals surface area contributed by atoms with Crippen LogP contribution in [0.1, 0.15) is 12.5 Å². The van der Waals surface area contributed by atoms with Gasteiger partial charge in [-0.15, -0.1) is 11.6 Å². The minimum atomic E-state index is -0.884. The molecular weight excluding hydrogens is 352 g/mol. The fourth-order valence-corrected chi connectivity index (χ4v) is 2.44. The van der Waals surface area contributed by atoms with Crippen molar-refractivity contribution in [3.63, 3.8) is 0 Å². The molecule has 0 aromatic heterocycles. The number of halogens is 2. The number of carbonyl (C=O) groups is 1. The van der Waals surface area contributed by atoms with Gasteiger partial charge in [0.05, 0.1) is 6.61 Å². The lowest BCUT2D eigenvalue weighted by atomic mass is 9.80. The third-order valence-corrected chi connectivity index (χ3v) is 4.13. The second-order valence-corrected chi connectivity index (χ2v) is 6.07. The number of amides is 1. The first-order chi connectivity index (χ1) is 7.89. The molecule has 0 heterocycles. The van der Waals surface area contributed by atoms with Crippen molar-refractivity contribution < 1.29 is 9.90 Å². The van der Waals surface area contributed by atoms with Crippen LogP contribution in [-0.4, -0.2) is 23.0 Å². The molecule has 1 aromatic carbocycles. The Morgan fingerprint density at radius 1 is 1.65 bits per heavy atom. The van der Waals surface area contributed by atoms with E-state index in [1.54, 1.807) is 6.92 Å². The lowest BCUT2D eigenvalue weighted by Gasteiger charge is -2.30. The van der Waals surface area contributed by atoms with Crippen LogP contribution in [0.3, 0.4) is 0 Å². The average molecular weight is 368 g/mol. The van der Waals surface area contributed by atoms with Crippen LogP contribution in [0.25, 0.3) is 0 Å². The number of carbonyl (C=O) groups excluding carboxylic acids is 1. The average Bonchev–Trinajstić information content (AvgIpc) is 2.27. The van der Waals surface area contributed by atoms with Crippen LogP contribution in [0, 0.1) is 8.99 Å². The molecule has 2 unspecified atom stereocenters. The van der Waals surface area contributed by atoms with Gasteiger partial charge < -0.3 is 10.8 Å². The SMILES string of the molecule is CC(CO)(Cc1cccc(I)c1)C(Cl)C(N)=O. The Hall–Kier alpha value is -0.330. The van der Waals surface area contributed by atoms with Crippen LogP contribution in [0.15, 0.2) is 24.3 Å². The molecule has 0 spiro atoms. The fraction of sp³-hybridized carbons (Fsp3) is 0.417. The molecule has 0 fully saturated rings. The van der Waals surface area contributed by atoms with Crippen molar-refractivity contribution in [2.45, 2.75) is 18.7 Å². The van der Waals surface area contributed by atoms with Crippen molar-refractivity contribution in [2.24, 2.45) is 11.1 Å². The Morgan fingerprint density at radius 2 is 2.29 bits per heavy atom. The highest BCUT2D eigenvalue weighted by Crippen LogP contribution is 2.30. The van der Waals surface area contributed by atoms with E-state index in [2.05, 4.69) is 22.6 Å². The molecule has 2 atom stereocenters. The summed E-state index contributed by atoms with van der Waals surface area (Å²) in [4.78, 5) is 11.1. The summed E-state index contributed by atoms with van der Waals surface area (Å²) in [6.07, 6.45) is 0.511. The number of nitrogens with two attached hydrogens (primary N) is 1. The number of hydrogen-bond acceptors (Lipinski definition) is 2. The molecule has 0 saturated carbocycles. The summed E-state index contributed by atoms with van der Waals surface area (Å²) in [7, 11) is 0. The summed E-state index contributed by atoms with van der Waals surface area (Å²) >= 11 is 8.19. The van der Waals surface area contributed by atoms with E-state index in [-0.39, 0.29) is 6.61 Å². The number of aliphatic hydroxyl groups excluding tert-OH is 1. The van der Waals surface area contributed by atoms with Gasteiger partial charge in [0.15, 0.2) is 0 Å². The Balaban J connectivity index is 2.92. The first-order valence-corrected chi connectivity index (χ1v) is 6.69. The Morgan fingerprint density at radius 3 is 2.76 bits per heavy atom. The van der Waals surface area contributed by atoms with Crippen molar-refractivity contribution in [3.8, 4) is 0 Å². The normalized spacial score (nSPS) is 16.2. The van der Waals surface area contributed by atoms with E-state index >= 15 is 0 Å². The first-order valence-electron chi connectivity index (χ1n) is 5.18. The van der Waals surface area contributed by atoms with Crippen molar-refractivity contribution in [1.29, 1.82) is 0 Å². The summed E-state index contributed by atoms with van der Waals surface area (Å²) in [5.41, 5.74) is 5.49. The quantitative estimate of drug-likeness (QED) is 0.617. The number of alkyl halides is 1. The minimum absolute atomic E-state index is 0.185. The number of primary amides is 1. The molecule has 0 aliphatic heterocycles. The lowest BCUT2D eigenvalue weighted by molar-refractivity contribution is -0.120. The van der Waals surface area contributed by atoms with E-state index in [9.17, 15) is 9.90 Å². The van der Waals surface area contributed by atoms with Gasteiger partial charge in [0, 0.05) is 8.99 Å². The van der Waals surface area contributed by atoms with Crippen LogP contribution >= 0.6 is 34.2 Å². The highest BCUT2D eigenvalue weighted by molar-refractivity contribution is 14.1. The number of benzene rings is 1. The number of aliphatic hydroxyl groups is 1. The maximum absolute atomic E-state index is 11.1. The summed E-state index contributed by atoms with van der Waals surface area (Å²) in [5, 5.41) is 8.56. The molecule has 3 nitrogen and oxygen atoms in total. The topological polar surface area (TPSA) is 63.3 Å². The zero-order valence-electron chi connectivity index (χ0n) is 9.49. The lowest BCUT2D eigenvalue weighted by Crippen LogP contribution is -2.42. The molecule has 5 heteroatoms. The van der Waals surface area contributed by atoms with Gasteiger partial charge >= 0.3 is 0 Å². The van der Waals surface area contributed by atoms with E-state index in [4.69, 9.17) is 17.3 Å². The maximum Gasteiger partial charge on any atom is 0.236 e. The molecule has 1 aromatic rings. The molecule has 17 heavy (non-hydrogen) atoms. The first kappa shape index (κ1) is 14.7. The van der Waals surface area contributed by atoms with E-state index in [0.29, 0.717) is 6.42 Å². The predicted molar refractivity (Wildman–Crippen MR) is 76.9 cm³/mol. The van der Waals surface area contributed by atoms with Gasteiger partial charge in [0.25, 0.3) is 0 Å². The standard InChI is InChI=1S/C12H15ClINO2/c1-12(7-16,10(13)11(15)17)6-8-3-2-4-9(14)5-8/h2-5,10,16H,6-7H2,1H3,(H2,15,17). The molecule has 0 saturated heterocycles. The second-order valence-electron chi connectivity index (χ2n) is 4.38. The Bertz CT molecular complexity index is 413. The van der Waals surface area contributed by atoms with Crippen molar-refractivity contribution in [2.75, 3.05) is 6.61 Å². The predicted octanol–water partition coefficient (Wildman–Crippen LogP) is 1.92.